The van der Waals surface area contributed by atoms with Crippen LogP contribution in [0.15, 0.2) is 12.1 Å². The highest BCUT2D eigenvalue weighted by atomic mass is 16.6. The highest BCUT2D eigenvalue weighted by Crippen LogP contribution is 2.19. The Morgan fingerprint density at radius 1 is 1.52 bits per heavy atom. The number of pyridine rings is 1. The summed E-state index contributed by atoms with van der Waals surface area (Å²) in [7, 11) is 0. The summed E-state index contributed by atoms with van der Waals surface area (Å²) in [5.74, 6) is 0.239. The minimum Gasteiger partial charge on any atom is -0.359 e. The Morgan fingerprint density at radius 2 is 2.19 bits per heavy atom. The molecule has 0 aromatic carbocycles. The highest BCUT2D eigenvalue weighted by Gasteiger charge is 2.24. The lowest BCUT2D eigenvalue weighted by atomic mass is 10.2. The molecule has 1 N–H and O–H groups in total. The summed E-state index contributed by atoms with van der Waals surface area (Å²) < 4.78 is 0. The van der Waals surface area contributed by atoms with Gasteiger partial charge in [-0.3, -0.25) is 14.9 Å². The predicted octanol–water partition coefficient (Wildman–Crippen LogP) is 1.28. The van der Waals surface area contributed by atoms with E-state index in [9.17, 15) is 14.9 Å². The molecule has 2 rings (SSSR count). The van der Waals surface area contributed by atoms with Gasteiger partial charge in [-0.1, -0.05) is 0 Å². The molecule has 1 amide bonds. The summed E-state index contributed by atoms with van der Waals surface area (Å²) in [5, 5.41) is 22.5. The van der Waals surface area contributed by atoms with E-state index in [1.807, 2.05) is 0 Å². The van der Waals surface area contributed by atoms with E-state index in [2.05, 4.69) is 10.3 Å². The fourth-order valence-electron chi connectivity index (χ4n) is 2.26. The van der Waals surface area contributed by atoms with Gasteiger partial charge < -0.3 is 10.2 Å². The SMILES string of the molecule is CC(Nc1ccc([N+](=O)[O-])c(C#N)n1)C(=O)N1CCCC1. The van der Waals surface area contributed by atoms with Gasteiger partial charge in [-0.2, -0.15) is 5.26 Å². The molecule has 8 heteroatoms. The lowest BCUT2D eigenvalue weighted by Gasteiger charge is -2.21. The zero-order valence-electron chi connectivity index (χ0n) is 11.6. The Morgan fingerprint density at radius 3 is 2.76 bits per heavy atom. The third-order valence-corrected chi connectivity index (χ3v) is 3.33. The van der Waals surface area contributed by atoms with E-state index in [1.165, 1.54) is 12.1 Å². The van der Waals surface area contributed by atoms with Gasteiger partial charge in [0.1, 0.15) is 17.9 Å². The molecule has 1 aromatic heterocycles. The average Bonchev–Trinajstić information content (AvgIpc) is 3.00. The van der Waals surface area contributed by atoms with Crippen molar-refractivity contribution in [2.24, 2.45) is 0 Å². The number of hydrogen-bond acceptors (Lipinski definition) is 6. The van der Waals surface area contributed by atoms with Crippen molar-refractivity contribution in [1.82, 2.24) is 9.88 Å². The lowest BCUT2D eigenvalue weighted by molar-refractivity contribution is -0.385. The van der Waals surface area contributed by atoms with E-state index in [1.54, 1.807) is 17.9 Å². The van der Waals surface area contributed by atoms with Crippen molar-refractivity contribution in [3.63, 3.8) is 0 Å². The Hall–Kier alpha value is -2.69. The van der Waals surface area contributed by atoms with Crippen LogP contribution < -0.4 is 5.32 Å². The van der Waals surface area contributed by atoms with Gasteiger partial charge in [0.25, 0.3) is 0 Å². The highest BCUT2D eigenvalue weighted by molar-refractivity contribution is 5.84. The van der Waals surface area contributed by atoms with Crippen LogP contribution in [0, 0.1) is 21.4 Å². The smallest absolute Gasteiger partial charge is 0.305 e. The molecular formula is C13H15N5O3. The number of likely N-dealkylation sites (tertiary alicyclic amines) is 1. The maximum Gasteiger partial charge on any atom is 0.305 e. The van der Waals surface area contributed by atoms with Gasteiger partial charge >= 0.3 is 5.69 Å². The molecule has 1 aliphatic rings. The molecule has 1 aliphatic heterocycles. The fourth-order valence-corrected chi connectivity index (χ4v) is 2.26. The normalized spacial score (nSPS) is 15.3. The van der Waals surface area contributed by atoms with Crippen molar-refractivity contribution >= 4 is 17.4 Å². The van der Waals surface area contributed by atoms with Gasteiger partial charge in [0, 0.05) is 19.2 Å². The number of nitriles is 1. The summed E-state index contributed by atoms with van der Waals surface area (Å²) in [6.07, 6.45) is 2.01. The summed E-state index contributed by atoms with van der Waals surface area (Å²) >= 11 is 0. The molecule has 0 saturated carbocycles. The number of amides is 1. The van der Waals surface area contributed by atoms with E-state index in [4.69, 9.17) is 5.26 Å². The molecule has 1 aromatic rings. The number of nitro groups is 1. The van der Waals surface area contributed by atoms with Gasteiger partial charge in [0.05, 0.1) is 4.92 Å². The zero-order chi connectivity index (χ0) is 15.4. The molecule has 0 bridgehead atoms. The number of nitrogens with one attached hydrogen (secondary N) is 1. The van der Waals surface area contributed by atoms with Gasteiger partial charge in [-0.25, -0.2) is 4.98 Å². The number of carbonyl (C=O) groups is 1. The summed E-state index contributed by atoms with van der Waals surface area (Å²) in [6, 6.07) is 3.79. The van der Waals surface area contributed by atoms with Crippen molar-refractivity contribution < 1.29 is 9.72 Å². The van der Waals surface area contributed by atoms with E-state index < -0.39 is 11.0 Å². The Kier molecular flexibility index (Phi) is 4.33. The predicted molar refractivity (Wildman–Crippen MR) is 74.5 cm³/mol. The molecule has 110 valence electrons. The number of nitrogens with zero attached hydrogens (tertiary/aromatic N) is 4. The van der Waals surface area contributed by atoms with Crippen molar-refractivity contribution in [2.45, 2.75) is 25.8 Å². The van der Waals surface area contributed by atoms with Crippen LogP contribution in [0.2, 0.25) is 0 Å². The summed E-state index contributed by atoms with van der Waals surface area (Å²) in [5.41, 5.74) is -0.618. The van der Waals surface area contributed by atoms with Crippen LogP contribution in [0.25, 0.3) is 0 Å². The molecule has 1 saturated heterocycles. The summed E-state index contributed by atoms with van der Waals surface area (Å²) in [6.45, 7) is 3.21. The second-order valence-corrected chi connectivity index (χ2v) is 4.83. The monoisotopic (exact) mass is 289 g/mol. The van der Waals surface area contributed by atoms with Crippen LogP contribution in [0.4, 0.5) is 11.5 Å². The largest absolute Gasteiger partial charge is 0.359 e. The first kappa shape index (κ1) is 14.7. The van der Waals surface area contributed by atoms with Crippen LogP contribution in [0.5, 0.6) is 0 Å². The minimum absolute atomic E-state index is 0.0360. The Bertz CT molecular complexity index is 604. The number of anilines is 1. The van der Waals surface area contributed by atoms with Crippen molar-refractivity contribution in [1.29, 1.82) is 5.26 Å². The standard InChI is InChI=1S/C13H15N5O3/c1-9(13(19)17-6-2-3-7-17)15-12-5-4-11(18(20)21)10(8-14)16-12/h4-5,9H,2-3,6-7H2,1H3,(H,15,16). The Balaban J connectivity index is 2.10. The van der Waals surface area contributed by atoms with E-state index in [-0.39, 0.29) is 23.1 Å². The van der Waals surface area contributed by atoms with Crippen LogP contribution in [0.1, 0.15) is 25.5 Å². The van der Waals surface area contributed by atoms with Gasteiger partial charge in [0.2, 0.25) is 11.6 Å². The molecule has 1 unspecified atom stereocenters. The Labute approximate surface area is 121 Å². The summed E-state index contributed by atoms with van der Waals surface area (Å²) in [4.78, 5) is 27.9. The number of hydrogen-bond donors (Lipinski definition) is 1. The molecule has 0 radical (unpaired) electrons. The van der Waals surface area contributed by atoms with Crippen LogP contribution in [-0.2, 0) is 4.79 Å². The van der Waals surface area contributed by atoms with E-state index in [0.29, 0.717) is 0 Å². The lowest BCUT2D eigenvalue weighted by Crippen LogP contribution is -2.39. The van der Waals surface area contributed by atoms with Gasteiger partial charge in [0.15, 0.2) is 0 Å². The zero-order valence-corrected chi connectivity index (χ0v) is 11.6. The second-order valence-electron chi connectivity index (χ2n) is 4.83. The first-order valence-electron chi connectivity index (χ1n) is 6.64. The molecule has 21 heavy (non-hydrogen) atoms. The van der Waals surface area contributed by atoms with Crippen molar-refractivity contribution in [3.05, 3.63) is 27.9 Å². The van der Waals surface area contributed by atoms with Gasteiger partial charge in [-0.05, 0) is 25.8 Å². The molecule has 1 atom stereocenters. The maximum absolute atomic E-state index is 12.1. The van der Waals surface area contributed by atoms with Crippen LogP contribution in [0.3, 0.4) is 0 Å². The molecule has 0 spiro atoms. The third-order valence-electron chi connectivity index (χ3n) is 3.33. The number of rotatable bonds is 4. The van der Waals surface area contributed by atoms with E-state index in [0.717, 1.165) is 25.9 Å². The average molecular weight is 289 g/mol. The van der Waals surface area contributed by atoms with Crippen molar-refractivity contribution in [2.75, 3.05) is 18.4 Å². The maximum atomic E-state index is 12.1. The minimum atomic E-state index is -0.659. The van der Waals surface area contributed by atoms with Crippen LogP contribution >= 0.6 is 0 Å². The topological polar surface area (TPSA) is 112 Å². The quantitative estimate of drug-likeness (QED) is 0.660. The van der Waals surface area contributed by atoms with Crippen molar-refractivity contribution in [3.8, 4) is 6.07 Å². The third kappa shape index (κ3) is 3.25. The molecular weight excluding hydrogens is 274 g/mol. The van der Waals surface area contributed by atoms with Crippen LogP contribution in [-0.4, -0.2) is 39.8 Å². The molecule has 1 fully saturated rings. The number of aromatic nitrogens is 1. The molecule has 8 nitrogen and oxygen atoms in total. The molecule has 0 aliphatic carbocycles. The van der Waals surface area contributed by atoms with E-state index >= 15 is 0 Å². The fraction of sp³-hybridized carbons (Fsp3) is 0.462. The first-order valence-corrected chi connectivity index (χ1v) is 6.64. The number of carbonyl (C=O) groups excluding carboxylic acids is 1. The second kappa shape index (κ2) is 6.17. The first-order chi connectivity index (χ1) is 10.0. The molecule has 2 heterocycles. The van der Waals surface area contributed by atoms with Gasteiger partial charge in [-0.15, -0.1) is 0 Å².